The van der Waals surface area contributed by atoms with E-state index in [1.54, 1.807) is 67.8 Å². The molecular weight excluding hydrogens is 598 g/mol. The summed E-state index contributed by atoms with van der Waals surface area (Å²) in [7, 11) is -2.68. The zero-order chi connectivity index (χ0) is 31.7. The zero-order valence-electron chi connectivity index (χ0n) is 24.9. The number of nitrogens with one attached hydrogen (secondary N) is 1. The van der Waals surface area contributed by atoms with Gasteiger partial charge in [-0.1, -0.05) is 84.4 Å². The van der Waals surface area contributed by atoms with Crippen LogP contribution < -0.4 is 14.4 Å². The van der Waals surface area contributed by atoms with Crippen LogP contribution in [0.4, 0.5) is 5.69 Å². The van der Waals surface area contributed by atoms with E-state index in [0.717, 1.165) is 9.87 Å². The van der Waals surface area contributed by atoms with Crippen molar-refractivity contribution in [2.45, 2.75) is 43.8 Å². The summed E-state index contributed by atoms with van der Waals surface area (Å²) >= 11 is 6.51. The largest absolute Gasteiger partial charge is 0.497 e. The lowest BCUT2D eigenvalue weighted by molar-refractivity contribution is -0.140. The molecule has 0 unspecified atom stereocenters. The van der Waals surface area contributed by atoms with Crippen LogP contribution in [-0.4, -0.2) is 50.9 Å². The standard InChI is InChI=1S/C34H36ClN3O5S/c1-25(2)36-34(40)32(22-26-13-6-4-7-14-26)37(23-27-15-12-16-28(21-27)43-3)33(39)24-38(31-20-11-10-19-30(31)35)44(41,42)29-17-8-5-9-18-29/h4-21,25,32H,22-24H2,1-3H3,(H,36,40)/t32-/m1/s1. The third kappa shape index (κ3) is 8.18. The molecule has 0 saturated carbocycles. The molecule has 230 valence electrons. The number of sulfonamides is 1. The van der Waals surface area contributed by atoms with Gasteiger partial charge in [-0.15, -0.1) is 0 Å². The van der Waals surface area contributed by atoms with Crippen LogP contribution in [0.1, 0.15) is 25.0 Å². The van der Waals surface area contributed by atoms with E-state index in [9.17, 15) is 18.0 Å². The van der Waals surface area contributed by atoms with Gasteiger partial charge in [-0.05, 0) is 61.4 Å². The van der Waals surface area contributed by atoms with Gasteiger partial charge in [0.1, 0.15) is 18.3 Å². The fourth-order valence-electron chi connectivity index (χ4n) is 4.79. The molecule has 1 N–H and O–H groups in total. The van der Waals surface area contributed by atoms with Crippen LogP contribution in [-0.2, 0) is 32.6 Å². The molecule has 2 amide bonds. The van der Waals surface area contributed by atoms with Crippen molar-refractivity contribution >= 4 is 39.1 Å². The van der Waals surface area contributed by atoms with Crippen molar-refractivity contribution in [1.82, 2.24) is 10.2 Å². The van der Waals surface area contributed by atoms with Gasteiger partial charge < -0.3 is 15.0 Å². The number of para-hydroxylation sites is 1. The predicted octanol–water partition coefficient (Wildman–Crippen LogP) is 5.71. The van der Waals surface area contributed by atoms with Crippen molar-refractivity contribution in [3.63, 3.8) is 0 Å². The lowest BCUT2D eigenvalue weighted by atomic mass is 10.0. The number of halogens is 1. The van der Waals surface area contributed by atoms with Gasteiger partial charge in [0.15, 0.2) is 0 Å². The Morgan fingerprint density at radius 1 is 0.841 bits per heavy atom. The first kappa shape index (κ1) is 32.6. The molecule has 4 rings (SSSR count). The van der Waals surface area contributed by atoms with E-state index < -0.39 is 28.5 Å². The number of carbonyl (C=O) groups is 2. The molecule has 0 aliphatic carbocycles. The normalized spacial score (nSPS) is 11.9. The maximum atomic E-state index is 14.5. The first-order chi connectivity index (χ1) is 21.1. The van der Waals surface area contributed by atoms with E-state index in [0.29, 0.717) is 11.3 Å². The van der Waals surface area contributed by atoms with Crippen molar-refractivity contribution in [2.75, 3.05) is 18.0 Å². The molecular formula is C34H36ClN3O5S. The van der Waals surface area contributed by atoms with Crippen LogP contribution >= 0.6 is 11.6 Å². The Bertz CT molecular complexity index is 1670. The highest BCUT2D eigenvalue weighted by Crippen LogP contribution is 2.31. The molecule has 8 nitrogen and oxygen atoms in total. The fourth-order valence-corrected chi connectivity index (χ4v) is 6.53. The van der Waals surface area contributed by atoms with E-state index in [4.69, 9.17) is 16.3 Å². The maximum absolute atomic E-state index is 14.5. The summed E-state index contributed by atoms with van der Waals surface area (Å²) in [6.45, 7) is 3.13. The average Bonchev–Trinajstić information content (AvgIpc) is 3.02. The van der Waals surface area contributed by atoms with Gasteiger partial charge in [0.05, 0.1) is 22.7 Å². The Kier molecular flexibility index (Phi) is 11.0. The summed E-state index contributed by atoms with van der Waals surface area (Å²) in [5.41, 5.74) is 1.71. The summed E-state index contributed by atoms with van der Waals surface area (Å²) in [6, 6.07) is 29.8. The highest BCUT2D eigenvalue weighted by molar-refractivity contribution is 7.92. The van der Waals surface area contributed by atoms with Crippen LogP contribution in [0.5, 0.6) is 5.75 Å². The van der Waals surface area contributed by atoms with Gasteiger partial charge in [0.2, 0.25) is 11.8 Å². The van der Waals surface area contributed by atoms with E-state index in [1.807, 2.05) is 50.2 Å². The van der Waals surface area contributed by atoms with Gasteiger partial charge in [-0.3, -0.25) is 13.9 Å². The molecule has 0 bridgehead atoms. The minimum Gasteiger partial charge on any atom is -0.497 e. The summed E-state index contributed by atoms with van der Waals surface area (Å²) in [5, 5.41) is 3.11. The molecule has 0 fully saturated rings. The number of amides is 2. The Balaban J connectivity index is 1.82. The number of nitrogens with zero attached hydrogens (tertiary/aromatic N) is 2. The summed E-state index contributed by atoms with van der Waals surface area (Å²) < 4.78 is 34.5. The molecule has 4 aromatic rings. The van der Waals surface area contributed by atoms with Crippen molar-refractivity contribution in [3.05, 3.63) is 125 Å². The molecule has 0 aliphatic heterocycles. The molecule has 0 saturated heterocycles. The third-order valence-electron chi connectivity index (χ3n) is 6.92. The van der Waals surface area contributed by atoms with E-state index in [2.05, 4.69) is 5.32 Å². The molecule has 0 heterocycles. The molecule has 44 heavy (non-hydrogen) atoms. The fraction of sp³-hybridized carbons (Fsp3) is 0.235. The molecule has 0 aliphatic rings. The van der Waals surface area contributed by atoms with E-state index in [-0.39, 0.29) is 40.5 Å². The van der Waals surface area contributed by atoms with Gasteiger partial charge in [-0.25, -0.2) is 8.42 Å². The summed E-state index contributed by atoms with van der Waals surface area (Å²) in [6.07, 6.45) is 0.215. The van der Waals surface area contributed by atoms with Crippen LogP contribution in [0.2, 0.25) is 5.02 Å². The lowest BCUT2D eigenvalue weighted by Gasteiger charge is -2.34. The molecule has 10 heteroatoms. The second-order valence-electron chi connectivity index (χ2n) is 10.5. The number of ether oxygens (including phenoxy) is 1. The van der Waals surface area contributed by atoms with Crippen LogP contribution in [0.3, 0.4) is 0 Å². The number of benzene rings is 4. The Labute approximate surface area is 264 Å². The number of carbonyl (C=O) groups excluding carboxylic acids is 2. The summed E-state index contributed by atoms with van der Waals surface area (Å²) in [4.78, 5) is 29.7. The number of anilines is 1. The van der Waals surface area contributed by atoms with Crippen molar-refractivity contribution in [3.8, 4) is 5.75 Å². The van der Waals surface area contributed by atoms with Crippen molar-refractivity contribution in [1.29, 1.82) is 0 Å². The number of hydrogen-bond donors (Lipinski definition) is 1. The first-order valence-corrected chi connectivity index (χ1v) is 16.0. The Morgan fingerprint density at radius 2 is 1.45 bits per heavy atom. The quantitative estimate of drug-likeness (QED) is 0.204. The number of hydrogen-bond acceptors (Lipinski definition) is 5. The highest BCUT2D eigenvalue weighted by Gasteiger charge is 2.35. The number of rotatable bonds is 13. The monoisotopic (exact) mass is 633 g/mol. The van der Waals surface area contributed by atoms with E-state index >= 15 is 0 Å². The van der Waals surface area contributed by atoms with E-state index in [1.165, 1.54) is 17.0 Å². The minimum atomic E-state index is -4.23. The first-order valence-electron chi connectivity index (χ1n) is 14.2. The Morgan fingerprint density at radius 3 is 2.09 bits per heavy atom. The topological polar surface area (TPSA) is 96.0 Å². The van der Waals surface area contributed by atoms with Gasteiger partial charge in [-0.2, -0.15) is 0 Å². The predicted molar refractivity (Wildman–Crippen MR) is 173 cm³/mol. The third-order valence-corrected chi connectivity index (χ3v) is 9.01. The molecule has 0 spiro atoms. The molecule has 1 atom stereocenters. The minimum absolute atomic E-state index is 0.00505. The van der Waals surface area contributed by atoms with Crippen molar-refractivity contribution in [2.24, 2.45) is 0 Å². The maximum Gasteiger partial charge on any atom is 0.264 e. The molecule has 0 aromatic heterocycles. The van der Waals surface area contributed by atoms with Gasteiger partial charge >= 0.3 is 0 Å². The smallest absolute Gasteiger partial charge is 0.264 e. The zero-order valence-corrected chi connectivity index (χ0v) is 26.5. The molecule has 4 aromatic carbocycles. The Hall–Kier alpha value is -4.34. The second kappa shape index (κ2) is 14.9. The molecule has 0 radical (unpaired) electrons. The highest BCUT2D eigenvalue weighted by atomic mass is 35.5. The van der Waals surface area contributed by atoms with Crippen LogP contribution in [0.25, 0.3) is 0 Å². The average molecular weight is 634 g/mol. The second-order valence-corrected chi connectivity index (χ2v) is 12.8. The van der Waals surface area contributed by atoms with Gasteiger partial charge in [0.25, 0.3) is 10.0 Å². The van der Waals surface area contributed by atoms with Gasteiger partial charge in [0, 0.05) is 19.0 Å². The van der Waals surface area contributed by atoms with Crippen molar-refractivity contribution < 1.29 is 22.7 Å². The number of methoxy groups -OCH3 is 1. The summed E-state index contributed by atoms with van der Waals surface area (Å²) in [5.74, 6) is -0.340. The SMILES string of the molecule is COc1cccc(CN(C(=O)CN(c2ccccc2Cl)S(=O)(=O)c2ccccc2)[C@H](Cc2ccccc2)C(=O)NC(C)C)c1. The van der Waals surface area contributed by atoms with Crippen LogP contribution in [0, 0.1) is 0 Å². The van der Waals surface area contributed by atoms with Crippen LogP contribution in [0.15, 0.2) is 114 Å². The lowest BCUT2D eigenvalue weighted by Crippen LogP contribution is -2.54.